The summed E-state index contributed by atoms with van der Waals surface area (Å²) in [4.78, 5) is 3.57. The van der Waals surface area contributed by atoms with Gasteiger partial charge in [0, 0.05) is 11.5 Å². The largest absolute Gasteiger partial charge is 0.233 e. The highest BCUT2D eigenvalue weighted by Gasteiger charge is 1.86. The molecule has 1 nitrogen and oxygen atoms in total. The van der Waals surface area contributed by atoms with Gasteiger partial charge in [-0.05, 0) is 25.3 Å². The molecule has 0 bridgehead atoms. The van der Waals surface area contributed by atoms with Crippen molar-refractivity contribution in [1.82, 2.24) is 0 Å². The van der Waals surface area contributed by atoms with Crippen LogP contribution in [-0.2, 0) is 0 Å². The second-order valence-corrected chi connectivity index (χ2v) is 2.87. The van der Waals surface area contributed by atoms with Crippen LogP contribution >= 0.6 is 15.9 Å². The third kappa shape index (κ3) is 7.72. The molecule has 0 amide bonds. The van der Waals surface area contributed by atoms with Gasteiger partial charge in [0.25, 0.3) is 0 Å². The molecule has 0 aliphatic rings. The Hall–Kier alpha value is -0.180. The molecule has 0 spiro atoms. The molecular formula is C8H13BrFN. The lowest BCUT2D eigenvalue weighted by atomic mass is 10.3. The summed E-state index contributed by atoms with van der Waals surface area (Å²) in [5.74, 6) is -0.368. The second kappa shape index (κ2) is 7.92. The van der Waals surface area contributed by atoms with Crippen molar-refractivity contribution < 1.29 is 4.39 Å². The molecule has 0 atom stereocenters. The molecule has 0 unspecified atom stereocenters. The van der Waals surface area contributed by atoms with E-state index in [1.54, 1.807) is 6.21 Å². The topological polar surface area (TPSA) is 12.4 Å². The molecular weight excluding hydrogens is 209 g/mol. The number of unbranched alkanes of at least 4 members (excludes halogenated alkanes) is 1. The number of hydrogen-bond donors (Lipinski definition) is 0. The maximum absolute atomic E-state index is 12.6. The molecule has 0 aliphatic heterocycles. The monoisotopic (exact) mass is 221 g/mol. The molecule has 3 heteroatoms. The van der Waals surface area contributed by atoms with Gasteiger partial charge in [-0.15, -0.1) is 0 Å². The van der Waals surface area contributed by atoms with Gasteiger partial charge in [0.15, 0.2) is 0 Å². The first-order valence-corrected chi connectivity index (χ1v) is 4.87. The van der Waals surface area contributed by atoms with Crippen LogP contribution in [-0.4, -0.2) is 11.5 Å². The Bertz CT molecular complexity index is 143. The highest BCUT2D eigenvalue weighted by atomic mass is 79.9. The third-order valence-electron chi connectivity index (χ3n) is 1.05. The van der Waals surface area contributed by atoms with Gasteiger partial charge < -0.3 is 0 Å². The first-order valence-electron chi connectivity index (χ1n) is 3.75. The maximum Gasteiger partial charge on any atom is 0.208 e. The Balaban J connectivity index is 3.53. The summed E-state index contributed by atoms with van der Waals surface area (Å²) in [6.07, 6.45) is 5.56. The minimum Gasteiger partial charge on any atom is -0.233 e. The van der Waals surface area contributed by atoms with Crippen LogP contribution in [0.25, 0.3) is 0 Å². The van der Waals surface area contributed by atoms with Crippen LogP contribution in [0.2, 0.25) is 0 Å². The highest BCUT2D eigenvalue weighted by molar-refractivity contribution is 9.09. The minimum atomic E-state index is -0.368. The number of hydrogen-bond acceptors (Lipinski definition) is 1. The van der Waals surface area contributed by atoms with E-state index in [2.05, 4.69) is 20.9 Å². The van der Waals surface area contributed by atoms with Crippen molar-refractivity contribution in [3.05, 3.63) is 12.0 Å². The molecule has 64 valence electrons. The van der Waals surface area contributed by atoms with E-state index in [0.29, 0.717) is 0 Å². The van der Waals surface area contributed by atoms with Gasteiger partial charge in [0.2, 0.25) is 5.95 Å². The van der Waals surface area contributed by atoms with E-state index in [9.17, 15) is 4.39 Å². The van der Waals surface area contributed by atoms with Gasteiger partial charge in [-0.2, -0.15) is 4.39 Å². The quantitative estimate of drug-likeness (QED) is 0.292. The summed E-state index contributed by atoms with van der Waals surface area (Å²) in [6.45, 7) is 1.93. The molecule has 0 aromatic heterocycles. The fraction of sp³-hybridized carbons (Fsp3) is 0.625. The Morgan fingerprint density at radius 2 is 2.36 bits per heavy atom. The van der Waals surface area contributed by atoms with Crippen LogP contribution in [0.1, 0.15) is 26.2 Å². The fourth-order valence-corrected chi connectivity index (χ4v) is 0.853. The van der Waals surface area contributed by atoms with Gasteiger partial charge in [0.05, 0.1) is 0 Å². The average molecular weight is 222 g/mol. The predicted molar refractivity (Wildman–Crippen MR) is 51.0 cm³/mol. The van der Waals surface area contributed by atoms with Crippen molar-refractivity contribution >= 4 is 22.1 Å². The maximum atomic E-state index is 12.6. The van der Waals surface area contributed by atoms with Gasteiger partial charge >= 0.3 is 0 Å². The Morgan fingerprint density at radius 1 is 1.64 bits per heavy atom. The normalized spacial score (nSPS) is 12.8. The molecule has 0 saturated carbocycles. The van der Waals surface area contributed by atoms with E-state index in [0.717, 1.165) is 24.6 Å². The molecule has 11 heavy (non-hydrogen) atoms. The van der Waals surface area contributed by atoms with Gasteiger partial charge in [0.1, 0.15) is 0 Å². The first-order chi connectivity index (χ1) is 5.31. The zero-order chi connectivity index (χ0) is 8.53. The summed E-state index contributed by atoms with van der Waals surface area (Å²) < 4.78 is 12.6. The van der Waals surface area contributed by atoms with Crippen molar-refractivity contribution in [2.24, 2.45) is 4.99 Å². The molecule has 0 N–H and O–H groups in total. The summed E-state index contributed by atoms with van der Waals surface area (Å²) in [6, 6.07) is 0. The summed E-state index contributed by atoms with van der Waals surface area (Å²) in [5, 5.41) is 0.911. The predicted octanol–water partition coefficient (Wildman–Crippen LogP) is 3.45. The zero-order valence-corrected chi connectivity index (χ0v) is 8.27. The van der Waals surface area contributed by atoms with Crippen LogP contribution < -0.4 is 0 Å². The molecule has 0 aromatic rings. The molecule has 0 rings (SSSR count). The van der Waals surface area contributed by atoms with E-state index in [4.69, 9.17) is 0 Å². The SMILES string of the molecule is CC/C=N\C(F)=C/CCCBr. The van der Waals surface area contributed by atoms with Crippen LogP contribution in [0.3, 0.4) is 0 Å². The number of aliphatic imine (C=N–C) groups is 1. The molecule has 0 radical (unpaired) electrons. The second-order valence-electron chi connectivity index (χ2n) is 2.08. The van der Waals surface area contributed by atoms with E-state index in [1.165, 1.54) is 6.08 Å². The lowest BCUT2D eigenvalue weighted by molar-refractivity contribution is 0.621. The van der Waals surface area contributed by atoms with Crippen molar-refractivity contribution in [2.45, 2.75) is 26.2 Å². The Kier molecular flexibility index (Phi) is 7.79. The number of halogens is 2. The van der Waals surface area contributed by atoms with E-state index in [1.807, 2.05) is 6.92 Å². The Labute approximate surface area is 75.5 Å². The smallest absolute Gasteiger partial charge is 0.208 e. The van der Waals surface area contributed by atoms with E-state index < -0.39 is 0 Å². The highest BCUT2D eigenvalue weighted by Crippen LogP contribution is 2.03. The van der Waals surface area contributed by atoms with Crippen molar-refractivity contribution in [3.8, 4) is 0 Å². The van der Waals surface area contributed by atoms with Crippen LogP contribution in [0.4, 0.5) is 4.39 Å². The number of nitrogens with zero attached hydrogens (tertiary/aromatic N) is 1. The third-order valence-corrected chi connectivity index (χ3v) is 1.61. The van der Waals surface area contributed by atoms with E-state index >= 15 is 0 Å². The van der Waals surface area contributed by atoms with Gasteiger partial charge in [-0.25, -0.2) is 4.99 Å². The molecule has 0 saturated heterocycles. The zero-order valence-electron chi connectivity index (χ0n) is 6.69. The molecule has 0 heterocycles. The molecule has 0 aliphatic carbocycles. The van der Waals surface area contributed by atoms with Crippen molar-refractivity contribution in [3.63, 3.8) is 0 Å². The van der Waals surface area contributed by atoms with Gasteiger partial charge in [-0.3, -0.25) is 0 Å². The lowest BCUT2D eigenvalue weighted by Crippen LogP contribution is -1.74. The summed E-state index contributed by atoms with van der Waals surface area (Å²) in [5.41, 5.74) is 0. The van der Waals surface area contributed by atoms with Crippen LogP contribution in [0.5, 0.6) is 0 Å². The number of rotatable bonds is 5. The van der Waals surface area contributed by atoms with Crippen LogP contribution in [0, 0.1) is 0 Å². The minimum absolute atomic E-state index is 0.368. The van der Waals surface area contributed by atoms with E-state index in [-0.39, 0.29) is 5.95 Å². The average Bonchev–Trinajstić information content (AvgIpc) is 2.01. The number of alkyl halides is 1. The molecule has 0 fully saturated rings. The Morgan fingerprint density at radius 3 is 2.91 bits per heavy atom. The van der Waals surface area contributed by atoms with Crippen molar-refractivity contribution in [1.29, 1.82) is 0 Å². The van der Waals surface area contributed by atoms with Gasteiger partial charge in [-0.1, -0.05) is 22.9 Å². The number of allylic oxidation sites excluding steroid dienone is 1. The van der Waals surface area contributed by atoms with Crippen molar-refractivity contribution in [2.75, 3.05) is 5.33 Å². The lowest BCUT2D eigenvalue weighted by Gasteiger charge is -1.88. The fourth-order valence-electron chi connectivity index (χ4n) is 0.530. The van der Waals surface area contributed by atoms with Crippen LogP contribution in [0.15, 0.2) is 17.0 Å². The molecule has 0 aromatic carbocycles. The summed E-state index contributed by atoms with van der Waals surface area (Å²) >= 11 is 3.26. The standard InChI is InChI=1S/C8H13BrFN/c1-2-7-11-8(10)5-3-4-6-9/h5,7H,2-4,6H2,1H3/b8-5-,11-7-. The summed E-state index contributed by atoms with van der Waals surface area (Å²) in [7, 11) is 0. The first kappa shape index (κ1) is 10.8.